The first-order valence-corrected chi connectivity index (χ1v) is 8.88. The number of aromatic nitrogens is 1. The molecule has 0 saturated heterocycles. The summed E-state index contributed by atoms with van der Waals surface area (Å²) < 4.78 is 0. The predicted octanol–water partition coefficient (Wildman–Crippen LogP) is 4.51. The van der Waals surface area contributed by atoms with Crippen LogP contribution in [0, 0.1) is 13.8 Å². The molecular formula is C19H18N4S. The summed E-state index contributed by atoms with van der Waals surface area (Å²) in [7, 11) is 0. The molecule has 0 spiro atoms. The maximum Gasteiger partial charge on any atom is 0.182 e. The van der Waals surface area contributed by atoms with Crippen molar-refractivity contribution >= 4 is 39.2 Å². The Morgan fingerprint density at radius 1 is 1.08 bits per heavy atom. The average Bonchev–Trinajstić information content (AvgIpc) is 3.04. The number of benzene rings is 2. The van der Waals surface area contributed by atoms with Gasteiger partial charge in [-0.2, -0.15) is 5.10 Å². The number of amidine groups is 1. The molecule has 0 amide bonds. The molecule has 24 heavy (non-hydrogen) atoms. The summed E-state index contributed by atoms with van der Waals surface area (Å²) in [6.07, 6.45) is 2.03. The van der Waals surface area contributed by atoms with Gasteiger partial charge in [0, 0.05) is 28.4 Å². The highest BCUT2D eigenvalue weighted by atomic mass is 32.2. The molecule has 1 aliphatic rings. The molecule has 1 aliphatic heterocycles. The minimum absolute atomic E-state index is 0.804. The molecule has 1 aromatic heterocycles. The molecular weight excluding hydrogens is 316 g/mol. The molecule has 0 fully saturated rings. The van der Waals surface area contributed by atoms with Gasteiger partial charge in [-0.15, -0.1) is 0 Å². The zero-order valence-corrected chi connectivity index (χ0v) is 14.4. The molecule has 5 heteroatoms. The molecule has 3 aromatic rings. The van der Waals surface area contributed by atoms with Crippen molar-refractivity contribution in [1.82, 2.24) is 10.4 Å². The van der Waals surface area contributed by atoms with Gasteiger partial charge in [0.1, 0.15) is 0 Å². The van der Waals surface area contributed by atoms with E-state index >= 15 is 0 Å². The highest BCUT2D eigenvalue weighted by molar-refractivity contribution is 8.14. The second kappa shape index (κ2) is 6.17. The number of hydrogen-bond acceptors (Lipinski definition) is 3. The lowest BCUT2D eigenvalue weighted by Crippen LogP contribution is -2.25. The Morgan fingerprint density at radius 3 is 2.79 bits per heavy atom. The van der Waals surface area contributed by atoms with E-state index in [0.29, 0.717) is 0 Å². The molecule has 120 valence electrons. The van der Waals surface area contributed by atoms with Crippen molar-refractivity contribution in [3.05, 3.63) is 65.4 Å². The summed E-state index contributed by atoms with van der Waals surface area (Å²) in [4.78, 5) is 8.01. The van der Waals surface area contributed by atoms with Gasteiger partial charge in [0.05, 0.1) is 11.4 Å². The minimum atomic E-state index is 0.804. The van der Waals surface area contributed by atoms with Crippen molar-refractivity contribution in [2.45, 2.75) is 13.8 Å². The summed E-state index contributed by atoms with van der Waals surface area (Å²) in [6.45, 7) is 4.20. The van der Waals surface area contributed by atoms with E-state index in [2.05, 4.69) is 53.6 Å². The number of rotatable bonds is 2. The first kappa shape index (κ1) is 15.0. The maximum atomic E-state index is 4.71. The van der Waals surface area contributed by atoms with Crippen LogP contribution in [0.25, 0.3) is 10.9 Å². The van der Waals surface area contributed by atoms with E-state index in [9.17, 15) is 0 Å². The van der Waals surface area contributed by atoms with E-state index in [1.54, 1.807) is 11.8 Å². The van der Waals surface area contributed by atoms with Crippen LogP contribution in [0.2, 0.25) is 0 Å². The Morgan fingerprint density at radius 2 is 1.96 bits per heavy atom. The monoisotopic (exact) mass is 334 g/mol. The zero-order valence-electron chi connectivity index (χ0n) is 13.6. The molecule has 2 aromatic carbocycles. The number of aromatic amines is 1. The quantitative estimate of drug-likeness (QED) is 0.724. The predicted molar refractivity (Wildman–Crippen MR) is 103 cm³/mol. The van der Waals surface area contributed by atoms with Crippen molar-refractivity contribution in [2.75, 3.05) is 5.75 Å². The average molecular weight is 334 g/mol. The zero-order chi connectivity index (χ0) is 16.5. The summed E-state index contributed by atoms with van der Waals surface area (Å²) in [5, 5.41) is 6.59. The van der Waals surface area contributed by atoms with E-state index in [1.807, 2.05) is 24.4 Å². The number of aryl methyl sites for hydroxylation is 1. The van der Waals surface area contributed by atoms with E-state index < -0.39 is 0 Å². The van der Waals surface area contributed by atoms with Gasteiger partial charge in [0.25, 0.3) is 0 Å². The maximum absolute atomic E-state index is 4.71. The van der Waals surface area contributed by atoms with E-state index in [4.69, 9.17) is 4.99 Å². The third kappa shape index (κ3) is 2.71. The third-order valence-electron chi connectivity index (χ3n) is 4.33. The molecule has 0 atom stereocenters. The van der Waals surface area contributed by atoms with Crippen LogP contribution < -0.4 is 5.43 Å². The number of H-pyrrole nitrogens is 1. The standard InChI is InChI=1S/C19H18N4S/c1-12-6-5-9-16(13(12)2)21-19-23-22-18(11-24-19)15-10-20-17-8-4-3-7-14(15)17/h3-10,20H,11H2,1-2H3,(H,21,23). The highest BCUT2D eigenvalue weighted by Crippen LogP contribution is 2.25. The molecule has 0 bridgehead atoms. The fourth-order valence-corrected chi connectivity index (χ4v) is 3.55. The summed E-state index contributed by atoms with van der Waals surface area (Å²) >= 11 is 1.68. The normalized spacial score (nSPS) is 16.2. The highest BCUT2D eigenvalue weighted by Gasteiger charge is 2.16. The number of hydrogen-bond donors (Lipinski definition) is 2. The van der Waals surface area contributed by atoms with Crippen LogP contribution in [0.15, 0.2) is 58.8 Å². The Hall–Kier alpha value is -2.53. The lowest BCUT2D eigenvalue weighted by atomic mass is 10.1. The van der Waals surface area contributed by atoms with Crippen LogP contribution in [-0.4, -0.2) is 21.6 Å². The lowest BCUT2D eigenvalue weighted by Gasteiger charge is -2.15. The number of thioether (sulfide) groups is 1. The number of para-hydroxylation sites is 1. The van der Waals surface area contributed by atoms with Crippen molar-refractivity contribution in [3.63, 3.8) is 0 Å². The fourth-order valence-electron chi connectivity index (χ4n) is 2.79. The van der Waals surface area contributed by atoms with Crippen LogP contribution in [-0.2, 0) is 0 Å². The lowest BCUT2D eigenvalue weighted by molar-refractivity contribution is 1.03. The van der Waals surface area contributed by atoms with Crippen molar-refractivity contribution < 1.29 is 0 Å². The Labute approximate surface area is 145 Å². The van der Waals surface area contributed by atoms with Gasteiger partial charge in [-0.05, 0) is 37.1 Å². The Bertz CT molecular complexity index is 968. The van der Waals surface area contributed by atoms with Crippen LogP contribution in [0.4, 0.5) is 5.69 Å². The van der Waals surface area contributed by atoms with E-state index in [1.165, 1.54) is 16.5 Å². The van der Waals surface area contributed by atoms with Gasteiger partial charge >= 0.3 is 0 Å². The number of nitrogens with one attached hydrogen (secondary N) is 2. The second-order valence-electron chi connectivity index (χ2n) is 5.84. The van der Waals surface area contributed by atoms with Gasteiger partial charge in [-0.1, -0.05) is 42.1 Å². The summed E-state index contributed by atoms with van der Waals surface area (Å²) in [5.41, 5.74) is 9.88. The van der Waals surface area contributed by atoms with Gasteiger partial charge < -0.3 is 4.98 Å². The smallest absolute Gasteiger partial charge is 0.182 e. The number of hydrazone groups is 1. The van der Waals surface area contributed by atoms with E-state index in [0.717, 1.165) is 33.4 Å². The molecule has 2 heterocycles. The topological polar surface area (TPSA) is 52.5 Å². The van der Waals surface area contributed by atoms with Crippen LogP contribution >= 0.6 is 11.8 Å². The Balaban J connectivity index is 1.61. The number of fused-ring (bicyclic) bond motifs is 1. The van der Waals surface area contributed by atoms with Crippen LogP contribution in [0.3, 0.4) is 0 Å². The largest absolute Gasteiger partial charge is 0.360 e. The van der Waals surface area contributed by atoms with Crippen LogP contribution in [0.5, 0.6) is 0 Å². The molecule has 2 N–H and O–H groups in total. The molecule has 0 unspecified atom stereocenters. The van der Waals surface area contributed by atoms with Crippen molar-refractivity contribution in [2.24, 2.45) is 10.1 Å². The van der Waals surface area contributed by atoms with Gasteiger partial charge in [0.15, 0.2) is 5.17 Å². The van der Waals surface area contributed by atoms with Crippen LogP contribution in [0.1, 0.15) is 16.7 Å². The number of nitrogens with zero attached hydrogens (tertiary/aromatic N) is 2. The minimum Gasteiger partial charge on any atom is -0.360 e. The summed E-state index contributed by atoms with van der Waals surface area (Å²) in [5.74, 6) is 0.804. The molecule has 0 saturated carbocycles. The van der Waals surface area contributed by atoms with Gasteiger partial charge in [-0.3, -0.25) is 5.43 Å². The molecule has 4 rings (SSSR count). The Kier molecular flexibility index (Phi) is 3.86. The van der Waals surface area contributed by atoms with Crippen molar-refractivity contribution in [1.29, 1.82) is 0 Å². The fraction of sp³-hybridized carbons (Fsp3) is 0.158. The number of aliphatic imine (C=N–C) groups is 1. The molecule has 4 nitrogen and oxygen atoms in total. The first-order chi connectivity index (χ1) is 11.7. The second-order valence-corrected chi connectivity index (χ2v) is 6.81. The van der Waals surface area contributed by atoms with Gasteiger partial charge in [0.2, 0.25) is 0 Å². The molecule has 0 aliphatic carbocycles. The first-order valence-electron chi connectivity index (χ1n) is 7.89. The van der Waals surface area contributed by atoms with Crippen molar-refractivity contribution in [3.8, 4) is 0 Å². The molecule has 0 radical (unpaired) electrons. The van der Waals surface area contributed by atoms with Gasteiger partial charge in [-0.25, -0.2) is 4.99 Å². The SMILES string of the molecule is Cc1cccc(N=C2NN=C(c3c[nH]c4ccccc34)CS2)c1C. The third-order valence-corrected chi connectivity index (χ3v) is 5.20. The van der Waals surface area contributed by atoms with E-state index in [-0.39, 0.29) is 0 Å². The summed E-state index contributed by atoms with van der Waals surface area (Å²) in [6, 6.07) is 14.5.